The van der Waals surface area contributed by atoms with E-state index < -0.39 is 5.60 Å². The van der Waals surface area contributed by atoms with E-state index in [-0.39, 0.29) is 18.6 Å². The highest BCUT2D eigenvalue weighted by Crippen LogP contribution is 2.30. The number of furan rings is 1. The molecule has 0 spiro atoms. The van der Waals surface area contributed by atoms with Crippen molar-refractivity contribution in [3.05, 3.63) is 58.5 Å². The molecule has 24 heavy (non-hydrogen) atoms. The Morgan fingerprint density at radius 3 is 2.83 bits per heavy atom. The number of aryl methyl sites for hydroxylation is 3. The predicted molar refractivity (Wildman–Crippen MR) is 91.8 cm³/mol. The maximum atomic E-state index is 12.2. The summed E-state index contributed by atoms with van der Waals surface area (Å²) >= 11 is 0. The fourth-order valence-corrected chi connectivity index (χ4v) is 3.43. The number of fused-ring (bicyclic) bond motifs is 1. The van der Waals surface area contributed by atoms with Crippen molar-refractivity contribution in [1.29, 1.82) is 0 Å². The minimum atomic E-state index is -1.17. The lowest BCUT2D eigenvalue weighted by Gasteiger charge is -2.24. The molecular formula is C19H24N2O3. The summed E-state index contributed by atoms with van der Waals surface area (Å²) in [6.45, 7) is 5.44. The smallest absolute Gasteiger partial charge is 0.315 e. The molecule has 5 heteroatoms. The zero-order chi connectivity index (χ0) is 17.3. The molecule has 1 aromatic heterocycles. The molecule has 0 radical (unpaired) electrons. The van der Waals surface area contributed by atoms with Gasteiger partial charge in [-0.25, -0.2) is 4.79 Å². The van der Waals surface area contributed by atoms with Crippen molar-refractivity contribution in [2.45, 2.75) is 45.3 Å². The Hall–Kier alpha value is -2.27. The number of carbonyl (C=O) groups is 1. The molecular weight excluding hydrogens is 304 g/mol. The molecule has 128 valence electrons. The van der Waals surface area contributed by atoms with E-state index in [4.69, 9.17) is 4.42 Å². The molecule has 5 nitrogen and oxygen atoms in total. The van der Waals surface area contributed by atoms with Crippen LogP contribution in [0, 0.1) is 13.8 Å². The van der Waals surface area contributed by atoms with Gasteiger partial charge in [0.1, 0.15) is 17.1 Å². The summed E-state index contributed by atoms with van der Waals surface area (Å²) in [6.07, 6.45) is 1.88. The summed E-state index contributed by atoms with van der Waals surface area (Å²) in [7, 11) is 0. The number of rotatable bonds is 4. The Morgan fingerprint density at radius 1 is 1.38 bits per heavy atom. The summed E-state index contributed by atoms with van der Waals surface area (Å²) in [5.41, 5.74) is 2.00. The van der Waals surface area contributed by atoms with Gasteiger partial charge in [-0.05, 0) is 50.8 Å². The minimum absolute atomic E-state index is 0.0315. The van der Waals surface area contributed by atoms with Gasteiger partial charge in [-0.3, -0.25) is 0 Å². The third-order valence-corrected chi connectivity index (χ3v) is 4.65. The topological polar surface area (TPSA) is 74.5 Å². The van der Waals surface area contributed by atoms with Crippen LogP contribution in [-0.4, -0.2) is 17.7 Å². The SMILES string of the molecule is Cc1cc(C(C)(O)CNC(=O)NC2CCc3ccccc32)c(C)o1. The van der Waals surface area contributed by atoms with E-state index in [0.29, 0.717) is 11.3 Å². The number of hydrogen-bond donors (Lipinski definition) is 3. The zero-order valence-electron chi connectivity index (χ0n) is 14.3. The highest BCUT2D eigenvalue weighted by Gasteiger charge is 2.29. The van der Waals surface area contributed by atoms with Crippen molar-refractivity contribution < 1.29 is 14.3 Å². The van der Waals surface area contributed by atoms with Gasteiger partial charge in [-0.2, -0.15) is 0 Å². The Bertz CT molecular complexity index is 749. The van der Waals surface area contributed by atoms with Crippen molar-refractivity contribution in [2.75, 3.05) is 6.54 Å². The van der Waals surface area contributed by atoms with Gasteiger partial charge in [0.15, 0.2) is 0 Å². The summed E-state index contributed by atoms with van der Waals surface area (Å²) in [5, 5.41) is 16.4. The number of benzene rings is 1. The summed E-state index contributed by atoms with van der Waals surface area (Å²) in [5.74, 6) is 1.42. The van der Waals surface area contributed by atoms with Gasteiger partial charge >= 0.3 is 6.03 Å². The van der Waals surface area contributed by atoms with Crippen LogP contribution < -0.4 is 10.6 Å². The second-order valence-corrected chi connectivity index (χ2v) is 6.72. The number of hydrogen-bond acceptors (Lipinski definition) is 3. The Balaban J connectivity index is 1.59. The molecule has 1 heterocycles. The van der Waals surface area contributed by atoms with E-state index in [9.17, 15) is 9.90 Å². The van der Waals surface area contributed by atoms with Crippen molar-refractivity contribution >= 4 is 6.03 Å². The Kier molecular flexibility index (Phi) is 4.37. The van der Waals surface area contributed by atoms with Gasteiger partial charge in [0, 0.05) is 5.56 Å². The number of urea groups is 1. The van der Waals surface area contributed by atoms with Crippen molar-refractivity contribution in [2.24, 2.45) is 0 Å². The third-order valence-electron chi connectivity index (χ3n) is 4.65. The van der Waals surface area contributed by atoms with E-state index in [0.717, 1.165) is 18.6 Å². The maximum absolute atomic E-state index is 12.2. The largest absolute Gasteiger partial charge is 0.466 e. The lowest BCUT2D eigenvalue weighted by molar-refractivity contribution is 0.0577. The third kappa shape index (κ3) is 3.31. The lowest BCUT2D eigenvalue weighted by atomic mass is 9.96. The fraction of sp³-hybridized carbons (Fsp3) is 0.421. The number of amides is 2. The average Bonchev–Trinajstić information content (AvgIpc) is 3.09. The van der Waals surface area contributed by atoms with Crippen LogP contribution in [0.2, 0.25) is 0 Å². The molecule has 2 aromatic rings. The van der Waals surface area contributed by atoms with Gasteiger partial charge in [0.05, 0.1) is 12.6 Å². The quantitative estimate of drug-likeness (QED) is 0.807. The minimum Gasteiger partial charge on any atom is -0.466 e. The van der Waals surface area contributed by atoms with Gasteiger partial charge in [0.25, 0.3) is 0 Å². The Morgan fingerprint density at radius 2 is 2.12 bits per heavy atom. The second kappa shape index (κ2) is 6.32. The Labute approximate surface area is 142 Å². The van der Waals surface area contributed by atoms with Gasteiger partial charge in [-0.1, -0.05) is 24.3 Å². The highest BCUT2D eigenvalue weighted by atomic mass is 16.3. The van der Waals surface area contributed by atoms with Crippen molar-refractivity contribution in [1.82, 2.24) is 10.6 Å². The molecule has 0 bridgehead atoms. The van der Waals surface area contributed by atoms with Gasteiger partial charge < -0.3 is 20.2 Å². The molecule has 2 amide bonds. The van der Waals surface area contributed by atoms with E-state index in [2.05, 4.69) is 22.8 Å². The molecule has 1 aliphatic carbocycles. The molecule has 0 aliphatic heterocycles. The first-order valence-corrected chi connectivity index (χ1v) is 8.29. The van der Waals surface area contributed by atoms with E-state index in [1.807, 2.05) is 32.0 Å². The average molecular weight is 328 g/mol. The maximum Gasteiger partial charge on any atom is 0.315 e. The lowest BCUT2D eigenvalue weighted by Crippen LogP contribution is -2.44. The first-order chi connectivity index (χ1) is 11.4. The van der Waals surface area contributed by atoms with Crippen LogP contribution in [0.3, 0.4) is 0 Å². The van der Waals surface area contributed by atoms with Gasteiger partial charge in [0.2, 0.25) is 0 Å². The van der Waals surface area contributed by atoms with Crippen LogP contribution in [0.4, 0.5) is 4.79 Å². The number of carbonyl (C=O) groups excluding carboxylic acids is 1. The zero-order valence-corrected chi connectivity index (χ0v) is 14.3. The van der Waals surface area contributed by atoms with Crippen LogP contribution in [0.25, 0.3) is 0 Å². The first-order valence-electron chi connectivity index (χ1n) is 8.29. The molecule has 2 atom stereocenters. The fourth-order valence-electron chi connectivity index (χ4n) is 3.43. The molecule has 1 aromatic carbocycles. The van der Waals surface area contributed by atoms with Gasteiger partial charge in [-0.15, -0.1) is 0 Å². The second-order valence-electron chi connectivity index (χ2n) is 6.72. The first kappa shape index (κ1) is 16.6. The normalized spacial score (nSPS) is 18.8. The molecule has 3 N–H and O–H groups in total. The number of nitrogens with one attached hydrogen (secondary N) is 2. The number of aliphatic hydroxyl groups is 1. The molecule has 0 saturated heterocycles. The summed E-state index contributed by atoms with van der Waals surface area (Å²) in [4.78, 5) is 12.2. The molecule has 0 fully saturated rings. The molecule has 3 rings (SSSR count). The van der Waals surface area contributed by atoms with E-state index in [1.165, 1.54) is 11.1 Å². The van der Waals surface area contributed by atoms with Crippen molar-refractivity contribution in [3.63, 3.8) is 0 Å². The van der Waals surface area contributed by atoms with Crippen LogP contribution in [0.15, 0.2) is 34.7 Å². The predicted octanol–water partition coefficient (Wildman–Crippen LogP) is 3.09. The van der Waals surface area contributed by atoms with Crippen LogP contribution in [0.1, 0.15) is 47.6 Å². The standard InChI is InChI=1S/C19H24N2O3/c1-12-10-16(13(2)24-12)19(3,23)11-20-18(22)21-17-9-8-14-6-4-5-7-15(14)17/h4-7,10,17,23H,8-9,11H2,1-3H3,(H2,20,21,22). The summed E-state index contributed by atoms with van der Waals surface area (Å²) < 4.78 is 5.47. The molecule has 1 aliphatic rings. The van der Waals surface area contributed by atoms with Crippen LogP contribution >= 0.6 is 0 Å². The van der Waals surface area contributed by atoms with Crippen LogP contribution in [-0.2, 0) is 12.0 Å². The summed E-state index contributed by atoms with van der Waals surface area (Å²) in [6, 6.07) is 9.74. The van der Waals surface area contributed by atoms with E-state index >= 15 is 0 Å². The van der Waals surface area contributed by atoms with Crippen molar-refractivity contribution in [3.8, 4) is 0 Å². The van der Waals surface area contributed by atoms with E-state index in [1.54, 1.807) is 6.92 Å². The monoisotopic (exact) mass is 328 g/mol. The highest BCUT2D eigenvalue weighted by molar-refractivity contribution is 5.74. The molecule has 0 saturated carbocycles. The molecule has 2 unspecified atom stereocenters. The van der Waals surface area contributed by atoms with Crippen LogP contribution in [0.5, 0.6) is 0 Å².